The highest BCUT2D eigenvalue weighted by Gasteiger charge is 1.98. The van der Waals surface area contributed by atoms with Gasteiger partial charge in [0, 0.05) is 17.8 Å². The topological polar surface area (TPSA) is 50.4 Å². The van der Waals surface area contributed by atoms with Gasteiger partial charge in [0.05, 0.1) is 7.11 Å². The van der Waals surface area contributed by atoms with Crippen LogP contribution in [-0.4, -0.2) is 13.1 Å². The molecule has 0 aliphatic carbocycles. The van der Waals surface area contributed by atoms with Crippen LogP contribution in [0.3, 0.4) is 0 Å². The Bertz CT molecular complexity index is 637. The fourth-order valence-corrected chi connectivity index (χ4v) is 1.89. The fourth-order valence-electron chi connectivity index (χ4n) is 1.76. The maximum absolute atomic E-state index is 11.7. The molecule has 5 heteroatoms. The molecule has 0 unspecified atom stereocenters. The molecule has 0 aliphatic rings. The number of rotatable bonds is 5. The minimum atomic E-state index is -0.264. The fraction of sp³-hybridized carbons (Fsp3) is 0.118. The van der Waals surface area contributed by atoms with Crippen LogP contribution in [0.2, 0.25) is 5.02 Å². The van der Waals surface area contributed by atoms with Gasteiger partial charge in [-0.05, 0) is 41.5 Å². The third-order valence-electron chi connectivity index (χ3n) is 2.97. The first-order chi connectivity index (χ1) is 10.7. The molecule has 2 N–H and O–H groups in total. The molecule has 2 amide bonds. The van der Waals surface area contributed by atoms with Gasteiger partial charge in [-0.3, -0.25) is 0 Å². The summed E-state index contributed by atoms with van der Waals surface area (Å²) in [5.41, 5.74) is 1.96. The second-order valence-electron chi connectivity index (χ2n) is 4.56. The number of benzene rings is 2. The molecule has 0 radical (unpaired) electrons. The second kappa shape index (κ2) is 8.10. The van der Waals surface area contributed by atoms with Crippen molar-refractivity contribution < 1.29 is 9.53 Å². The zero-order valence-electron chi connectivity index (χ0n) is 12.2. The van der Waals surface area contributed by atoms with E-state index in [1.54, 1.807) is 31.5 Å². The predicted molar refractivity (Wildman–Crippen MR) is 88.9 cm³/mol. The molecular formula is C17H17ClN2O2. The first-order valence-corrected chi connectivity index (χ1v) is 7.14. The Kier molecular flexibility index (Phi) is 5.86. The van der Waals surface area contributed by atoms with E-state index in [9.17, 15) is 4.79 Å². The van der Waals surface area contributed by atoms with Crippen LogP contribution in [0.5, 0.6) is 5.75 Å². The lowest BCUT2D eigenvalue weighted by Crippen LogP contribution is -2.31. The summed E-state index contributed by atoms with van der Waals surface area (Å²) >= 11 is 5.80. The van der Waals surface area contributed by atoms with Gasteiger partial charge in [-0.25, -0.2) is 4.79 Å². The quantitative estimate of drug-likeness (QED) is 0.881. The van der Waals surface area contributed by atoms with E-state index in [0.717, 1.165) is 16.9 Å². The first kappa shape index (κ1) is 15.9. The van der Waals surface area contributed by atoms with E-state index in [4.69, 9.17) is 16.3 Å². The molecule has 0 saturated carbocycles. The van der Waals surface area contributed by atoms with Gasteiger partial charge >= 0.3 is 6.03 Å². The molecule has 4 nitrogen and oxygen atoms in total. The van der Waals surface area contributed by atoms with Crippen molar-refractivity contribution in [2.45, 2.75) is 6.54 Å². The molecule has 0 heterocycles. The molecule has 2 aromatic carbocycles. The molecule has 22 heavy (non-hydrogen) atoms. The van der Waals surface area contributed by atoms with Crippen LogP contribution in [0.15, 0.2) is 54.7 Å². The summed E-state index contributed by atoms with van der Waals surface area (Å²) in [6.45, 7) is 0.444. The number of ether oxygens (including phenoxy) is 1. The van der Waals surface area contributed by atoms with E-state index in [0.29, 0.717) is 11.6 Å². The predicted octanol–water partition coefficient (Wildman–Crippen LogP) is 3.82. The van der Waals surface area contributed by atoms with E-state index in [2.05, 4.69) is 10.6 Å². The highest BCUT2D eigenvalue weighted by molar-refractivity contribution is 6.30. The van der Waals surface area contributed by atoms with Crippen LogP contribution < -0.4 is 15.4 Å². The van der Waals surface area contributed by atoms with Crippen LogP contribution in [0.1, 0.15) is 11.1 Å². The molecule has 2 rings (SSSR count). The van der Waals surface area contributed by atoms with Gasteiger partial charge in [-0.2, -0.15) is 0 Å². The van der Waals surface area contributed by atoms with Crippen LogP contribution in [0.4, 0.5) is 4.79 Å². The summed E-state index contributed by atoms with van der Waals surface area (Å²) in [6, 6.07) is 14.6. The maximum atomic E-state index is 11.7. The number of halogens is 1. The van der Waals surface area contributed by atoms with Crippen molar-refractivity contribution >= 4 is 23.7 Å². The van der Waals surface area contributed by atoms with Gasteiger partial charge in [-0.1, -0.05) is 35.9 Å². The highest BCUT2D eigenvalue weighted by atomic mass is 35.5. The number of hydrogen-bond donors (Lipinski definition) is 2. The van der Waals surface area contributed by atoms with Crippen LogP contribution >= 0.6 is 11.6 Å². The summed E-state index contributed by atoms with van der Waals surface area (Å²) < 4.78 is 5.08. The number of amides is 2. The molecule has 0 bridgehead atoms. The molecule has 0 spiro atoms. The largest absolute Gasteiger partial charge is 0.497 e. The van der Waals surface area contributed by atoms with Crippen molar-refractivity contribution in [3.8, 4) is 5.75 Å². The Labute approximate surface area is 134 Å². The lowest BCUT2D eigenvalue weighted by molar-refractivity contribution is 0.244. The molecule has 0 aromatic heterocycles. The van der Waals surface area contributed by atoms with Crippen molar-refractivity contribution in [1.82, 2.24) is 10.6 Å². The maximum Gasteiger partial charge on any atom is 0.319 e. The van der Waals surface area contributed by atoms with Gasteiger partial charge in [0.2, 0.25) is 0 Å². The third-order valence-corrected chi connectivity index (χ3v) is 3.22. The zero-order valence-corrected chi connectivity index (χ0v) is 12.9. The lowest BCUT2D eigenvalue weighted by Gasteiger charge is -2.05. The Morgan fingerprint density at radius 2 is 1.82 bits per heavy atom. The Morgan fingerprint density at radius 3 is 2.45 bits per heavy atom. The molecule has 0 aliphatic heterocycles. The van der Waals surface area contributed by atoms with Gasteiger partial charge in [0.15, 0.2) is 0 Å². The molecule has 0 saturated heterocycles. The van der Waals surface area contributed by atoms with E-state index >= 15 is 0 Å². The number of carbonyl (C=O) groups is 1. The Hall–Kier alpha value is -2.46. The third kappa shape index (κ3) is 5.14. The Morgan fingerprint density at radius 1 is 1.14 bits per heavy atom. The molecule has 0 fully saturated rings. The van der Waals surface area contributed by atoms with Gasteiger partial charge < -0.3 is 15.4 Å². The number of carbonyl (C=O) groups excluding carboxylic acids is 1. The summed E-state index contributed by atoms with van der Waals surface area (Å²) in [7, 11) is 1.62. The number of urea groups is 1. The molecular weight excluding hydrogens is 300 g/mol. The van der Waals surface area contributed by atoms with Crippen LogP contribution in [-0.2, 0) is 6.54 Å². The van der Waals surface area contributed by atoms with Crippen molar-refractivity contribution in [3.63, 3.8) is 0 Å². The van der Waals surface area contributed by atoms with Crippen molar-refractivity contribution in [2.24, 2.45) is 0 Å². The van der Waals surface area contributed by atoms with Gasteiger partial charge in [0.25, 0.3) is 0 Å². The molecule has 2 aromatic rings. The van der Waals surface area contributed by atoms with Crippen molar-refractivity contribution in [3.05, 3.63) is 70.9 Å². The number of methoxy groups -OCH3 is 1. The Balaban J connectivity index is 1.76. The zero-order chi connectivity index (χ0) is 15.8. The van der Waals surface area contributed by atoms with E-state index in [-0.39, 0.29) is 6.03 Å². The minimum absolute atomic E-state index is 0.264. The first-order valence-electron chi connectivity index (χ1n) is 6.77. The normalized spacial score (nSPS) is 10.5. The van der Waals surface area contributed by atoms with E-state index in [1.165, 1.54) is 0 Å². The smallest absolute Gasteiger partial charge is 0.319 e. The molecule has 0 atom stereocenters. The van der Waals surface area contributed by atoms with Crippen molar-refractivity contribution in [1.29, 1.82) is 0 Å². The van der Waals surface area contributed by atoms with Crippen molar-refractivity contribution in [2.75, 3.05) is 7.11 Å². The number of nitrogens with one attached hydrogen (secondary N) is 2. The van der Waals surface area contributed by atoms with E-state index in [1.807, 2.05) is 36.4 Å². The standard InChI is InChI=1S/C17H17ClN2O2/c1-22-16-8-4-13(5-9-16)10-11-19-17(21)20-12-14-2-6-15(18)7-3-14/h2-11H,12H2,1H3,(H2,19,20,21)/b11-10+. The summed E-state index contributed by atoms with van der Waals surface area (Å²) in [6.07, 6.45) is 3.40. The monoisotopic (exact) mass is 316 g/mol. The summed E-state index contributed by atoms with van der Waals surface area (Å²) in [5.74, 6) is 0.797. The second-order valence-corrected chi connectivity index (χ2v) is 5.00. The minimum Gasteiger partial charge on any atom is -0.497 e. The molecule has 114 valence electrons. The number of hydrogen-bond acceptors (Lipinski definition) is 2. The summed E-state index contributed by atoms with van der Waals surface area (Å²) in [5, 5.41) is 6.09. The SMILES string of the molecule is COc1ccc(/C=C/NC(=O)NCc2ccc(Cl)cc2)cc1. The van der Waals surface area contributed by atoms with E-state index < -0.39 is 0 Å². The lowest BCUT2D eigenvalue weighted by atomic mass is 10.2. The van der Waals surface area contributed by atoms with Gasteiger partial charge in [0.1, 0.15) is 5.75 Å². The highest BCUT2D eigenvalue weighted by Crippen LogP contribution is 2.12. The average molecular weight is 317 g/mol. The van der Waals surface area contributed by atoms with Crippen LogP contribution in [0, 0.1) is 0 Å². The average Bonchev–Trinajstić information content (AvgIpc) is 2.55. The van der Waals surface area contributed by atoms with Crippen LogP contribution in [0.25, 0.3) is 6.08 Å². The summed E-state index contributed by atoms with van der Waals surface area (Å²) in [4.78, 5) is 11.7. The van der Waals surface area contributed by atoms with Gasteiger partial charge in [-0.15, -0.1) is 0 Å².